The lowest BCUT2D eigenvalue weighted by Gasteiger charge is -2.32. The van der Waals surface area contributed by atoms with Gasteiger partial charge in [0.1, 0.15) is 0 Å². The fourth-order valence-electron chi connectivity index (χ4n) is 5.01. The Kier molecular flexibility index (Phi) is 6.71. The maximum atomic E-state index is 13.3. The largest absolute Gasteiger partial charge is 0.491 e. The highest BCUT2D eigenvalue weighted by Gasteiger charge is 2.28. The van der Waals surface area contributed by atoms with Crippen LogP contribution in [0, 0.1) is 0 Å². The standard InChI is InChI=1S/C28H29BN2O4/c1-19(32)30-17-20-4-2-5-22(14-20)21-10-12-31(13-11-21)28(33)25-7-3-6-23(15-25)24-8-9-26-18-35-29(34)27(26)16-24/h2-9,14-16,21,34H,10-13,17-18H2,1H3,(H,30,32). The van der Waals surface area contributed by atoms with Gasteiger partial charge in [0.15, 0.2) is 0 Å². The summed E-state index contributed by atoms with van der Waals surface area (Å²) < 4.78 is 5.30. The molecule has 2 aliphatic rings. The van der Waals surface area contributed by atoms with Gasteiger partial charge in [0.25, 0.3) is 5.91 Å². The van der Waals surface area contributed by atoms with Gasteiger partial charge in [-0.05, 0) is 64.2 Å². The van der Waals surface area contributed by atoms with Crippen molar-refractivity contribution in [2.24, 2.45) is 0 Å². The molecule has 1 saturated heterocycles. The summed E-state index contributed by atoms with van der Waals surface area (Å²) in [6, 6.07) is 22.0. The molecule has 0 radical (unpaired) electrons. The summed E-state index contributed by atoms with van der Waals surface area (Å²) in [5.74, 6) is 0.422. The van der Waals surface area contributed by atoms with Crippen molar-refractivity contribution in [3.8, 4) is 11.1 Å². The average Bonchev–Trinajstić information content (AvgIpc) is 3.27. The predicted molar refractivity (Wildman–Crippen MR) is 136 cm³/mol. The lowest BCUT2D eigenvalue weighted by molar-refractivity contribution is -0.119. The molecule has 5 rings (SSSR count). The van der Waals surface area contributed by atoms with Crippen LogP contribution in [-0.4, -0.2) is 41.9 Å². The summed E-state index contributed by atoms with van der Waals surface area (Å²) in [4.78, 5) is 26.5. The second kappa shape index (κ2) is 10.1. The third kappa shape index (κ3) is 5.16. The van der Waals surface area contributed by atoms with Crippen LogP contribution in [0.2, 0.25) is 0 Å². The summed E-state index contributed by atoms with van der Waals surface area (Å²) in [7, 11) is -0.887. The lowest BCUT2D eigenvalue weighted by Crippen LogP contribution is -2.38. The van der Waals surface area contributed by atoms with Gasteiger partial charge >= 0.3 is 7.12 Å². The normalized spacial score (nSPS) is 15.7. The first-order valence-electron chi connectivity index (χ1n) is 12.1. The van der Waals surface area contributed by atoms with Gasteiger partial charge in [0, 0.05) is 32.1 Å². The van der Waals surface area contributed by atoms with Crippen molar-refractivity contribution in [1.29, 1.82) is 0 Å². The molecular formula is C28H29BN2O4. The summed E-state index contributed by atoms with van der Waals surface area (Å²) >= 11 is 0. The molecule has 0 atom stereocenters. The number of piperidine rings is 1. The molecule has 1 fully saturated rings. The molecule has 0 bridgehead atoms. The maximum Gasteiger partial charge on any atom is 0.491 e. The van der Waals surface area contributed by atoms with E-state index in [1.807, 2.05) is 59.5 Å². The number of benzene rings is 3. The Morgan fingerprint density at radius 1 is 1.03 bits per heavy atom. The number of amides is 2. The molecule has 2 amide bonds. The van der Waals surface area contributed by atoms with Crippen molar-refractivity contribution in [3.05, 3.63) is 89.0 Å². The second-order valence-electron chi connectivity index (χ2n) is 9.38. The van der Waals surface area contributed by atoms with E-state index in [0.717, 1.165) is 40.6 Å². The van der Waals surface area contributed by atoms with E-state index >= 15 is 0 Å². The van der Waals surface area contributed by atoms with Gasteiger partial charge < -0.3 is 19.9 Å². The van der Waals surface area contributed by atoms with Crippen LogP contribution in [0.3, 0.4) is 0 Å². The molecule has 7 heteroatoms. The fourth-order valence-corrected chi connectivity index (χ4v) is 5.01. The Morgan fingerprint density at radius 2 is 1.80 bits per heavy atom. The summed E-state index contributed by atoms with van der Waals surface area (Å²) in [6.45, 7) is 3.91. The quantitative estimate of drug-likeness (QED) is 0.564. The van der Waals surface area contributed by atoms with E-state index < -0.39 is 7.12 Å². The van der Waals surface area contributed by atoms with Gasteiger partial charge in [-0.15, -0.1) is 0 Å². The first kappa shape index (κ1) is 23.3. The molecular weight excluding hydrogens is 439 g/mol. The van der Waals surface area contributed by atoms with Gasteiger partial charge in [-0.2, -0.15) is 0 Å². The number of nitrogens with zero attached hydrogens (tertiary/aromatic N) is 1. The van der Waals surface area contributed by atoms with E-state index in [1.54, 1.807) is 0 Å². The number of hydrogen-bond acceptors (Lipinski definition) is 4. The molecule has 0 aromatic heterocycles. The number of carbonyl (C=O) groups is 2. The van der Waals surface area contributed by atoms with E-state index in [4.69, 9.17) is 4.65 Å². The van der Waals surface area contributed by atoms with Crippen molar-refractivity contribution >= 4 is 24.4 Å². The Labute approximate surface area is 206 Å². The molecule has 2 heterocycles. The van der Waals surface area contributed by atoms with Gasteiger partial charge in [-0.1, -0.05) is 54.6 Å². The molecule has 0 aliphatic carbocycles. The third-order valence-electron chi connectivity index (χ3n) is 7.00. The average molecular weight is 468 g/mol. The van der Waals surface area contributed by atoms with Crippen molar-refractivity contribution in [1.82, 2.24) is 10.2 Å². The Balaban J connectivity index is 1.25. The summed E-state index contributed by atoms with van der Waals surface area (Å²) in [5.41, 5.74) is 6.74. The van der Waals surface area contributed by atoms with E-state index in [0.29, 0.717) is 37.7 Å². The minimum Gasteiger partial charge on any atom is -0.423 e. The molecule has 35 heavy (non-hydrogen) atoms. The molecule has 2 N–H and O–H groups in total. The number of likely N-dealkylation sites (tertiary alicyclic amines) is 1. The van der Waals surface area contributed by atoms with Gasteiger partial charge in [0.05, 0.1) is 6.61 Å². The number of rotatable bonds is 5. The maximum absolute atomic E-state index is 13.3. The van der Waals surface area contributed by atoms with E-state index in [1.165, 1.54) is 12.5 Å². The van der Waals surface area contributed by atoms with Gasteiger partial charge in [0.2, 0.25) is 5.91 Å². The van der Waals surface area contributed by atoms with E-state index in [9.17, 15) is 14.6 Å². The monoisotopic (exact) mass is 468 g/mol. The summed E-state index contributed by atoms with van der Waals surface area (Å²) in [6.07, 6.45) is 1.83. The van der Waals surface area contributed by atoms with Crippen molar-refractivity contribution in [3.63, 3.8) is 0 Å². The molecule has 2 aliphatic heterocycles. The van der Waals surface area contributed by atoms with Crippen molar-refractivity contribution in [2.75, 3.05) is 13.1 Å². The molecule has 6 nitrogen and oxygen atoms in total. The molecule has 0 saturated carbocycles. The Morgan fingerprint density at radius 3 is 2.60 bits per heavy atom. The van der Waals surface area contributed by atoms with Crippen LogP contribution in [0.25, 0.3) is 11.1 Å². The van der Waals surface area contributed by atoms with Crippen LogP contribution in [0.1, 0.15) is 52.7 Å². The first-order valence-corrected chi connectivity index (χ1v) is 12.1. The topological polar surface area (TPSA) is 78.9 Å². The highest BCUT2D eigenvalue weighted by atomic mass is 16.5. The number of hydrogen-bond donors (Lipinski definition) is 2. The highest BCUT2D eigenvalue weighted by molar-refractivity contribution is 6.61. The van der Waals surface area contributed by atoms with Crippen molar-refractivity contribution < 1.29 is 19.3 Å². The Hall–Kier alpha value is -3.42. The predicted octanol–water partition coefficient (Wildman–Crippen LogP) is 3.23. The van der Waals surface area contributed by atoms with Crippen LogP contribution >= 0.6 is 0 Å². The van der Waals surface area contributed by atoms with Crippen LogP contribution < -0.4 is 10.8 Å². The minimum absolute atomic E-state index is 0.0333. The van der Waals surface area contributed by atoms with Gasteiger partial charge in [-0.3, -0.25) is 9.59 Å². The number of nitrogens with one attached hydrogen (secondary N) is 1. The van der Waals surface area contributed by atoms with E-state index in [2.05, 4.69) is 17.4 Å². The van der Waals surface area contributed by atoms with Crippen molar-refractivity contribution in [2.45, 2.75) is 38.8 Å². The molecule has 0 unspecified atom stereocenters. The lowest BCUT2D eigenvalue weighted by atomic mass is 9.78. The molecule has 3 aromatic rings. The van der Waals surface area contributed by atoms with E-state index in [-0.39, 0.29) is 11.8 Å². The number of carbonyl (C=O) groups excluding carboxylic acids is 2. The summed E-state index contributed by atoms with van der Waals surface area (Å²) in [5, 5.41) is 12.9. The van der Waals surface area contributed by atoms with Crippen LogP contribution in [-0.2, 0) is 22.6 Å². The van der Waals surface area contributed by atoms with Crippen LogP contribution in [0.15, 0.2) is 66.7 Å². The first-order chi connectivity index (χ1) is 17.0. The SMILES string of the molecule is CC(=O)NCc1cccc(C2CCN(C(=O)c3cccc(-c4ccc5c(c4)B(O)OC5)c3)CC2)c1. The zero-order chi connectivity index (χ0) is 24.4. The third-order valence-corrected chi connectivity index (χ3v) is 7.00. The molecule has 3 aromatic carbocycles. The highest BCUT2D eigenvalue weighted by Crippen LogP contribution is 2.30. The molecule has 0 spiro atoms. The Bertz CT molecular complexity index is 1250. The smallest absolute Gasteiger partial charge is 0.423 e. The number of fused-ring (bicyclic) bond motifs is 1. The van der Waals surface area contributed by atoms with Crippen LogP contribution in [0.4, 0.5) is 0 Å². The van der Waals surface area contributed by atoms with Crippen LogP contribution in [0.5, 0.6) is 0 Å². The zero-order valence-corrected chi connectivity index (χ0v) is 19.9. The molecule has 178 valence electrons. The minimum atomic E-state index is -0.887. The van der Waals surface area contributed by atoms with Gasteiger partial charge in [-0.25, -0.2) is 0 Å². The fraction of sp³-hybridized carbons (Fsp3) is 0.286. The second-order valence-corrected chi connectivity index (χ2v) is 9.38. The zero-order valence-electron chi connectivity index (χ0n) is 19.9.